The van der Waals surface area contributed by atoms with Crippen molar-refractivity contribution >= 4 is 21.9 Å². The van der Waals surface area contributed by atoms with Gasteiger partial charge in [0.25, 0.3) is 5.56 Å². The summed E-state index contributed by atoms with van der Waals surface area (Å²) in [6.07, 6.45) is 11.9. The number of benzene rings is 1. The van der Waals surface area contributed by atoms with Crippen LogP contribution in [-0.4, -0.2) is 48.4 Å². The monoisotopic (exact) mass is 466 g/mol. The van der Waals surface area contributed by atoms with Gasteiger partial charge in [-0.25, -0.2) is 18.4 Å². The number of aromatic nitrogens is 3. The Morgan fingerprint density at radius 2 is 1.73 bits per heavy atom. The van der Waals surface area contributed by atoms with Crippen LogP contribution in [0.25, 0.3) is 11.8 Å². The van der Waals surface area contributed by atoms with Crippen LogP contribution in [0.3, 0.4) is 0 Å². The molecule has 0 saturated carbocycles. The summed E-state index contributed by atoms with van der Waals surface area (Å²) in [4.78, 5) is 23.8. The number of hydrogen-bond acceptors (Lipinski definition) is 7. The van der Waals surface area contributed by atoms with Crippen molar-refractivity contribution in [2.75, 3.05) is 24.2 Å². The highest BCUT2D eigenvalue weighted by molar-refractivity contribution is 7.90. The first-order chi connectivity index (χ1) is 15.8. The van der Waals surface area contributed by atoms with Gasteiger partial charge in [0, 0.05) is 68.1 Å². The number of piperidine rings is 1. The van der Waals surface area contributed by atoms with Crippen molar-refractivity contribution in [3.05, 3.63) is 77.0 Å². The molecule has 3 aromatic rings. The third-order valence-electron chi connectivity index (χ3n) is 5.48. The first-order valence-corrected chi connectivity index (χ1v) is 12.6. The Morgan fingerprint density at radius 1 is 1.06 bits per heavy atom. The summed E-state index contributed by atoms with van der Waals surface area (Å²) < 4.78 is 30.8. The minimum absolute atomic E-state index is 0.00726. The number of hydrogen-bond donors (Lipinski definition) is 0. The molecule has 1 aromatic carbocycles. The van der Waals surface area contributed by atoms with E-state index in [4.69, 9.17) is 4.74 Å². The average Bonchev–Trinajstić information content (AvgIpc) is 2.80. The van der Waals surface area contributed by atoms with Crippen molar-refractivity contribution in [3.63, 3.8) is 0 Å². The fraction of sp³-hybridized carbons (Fsp3) is 0.292. The van der Waals surface area contributed by atoms with Gasteiger partial charge in [0.2, 0.25) is 5.95 Å². The molecular weight excluding hydrogens is 440 g/mol. The summed E-state index contributed by atoms with van der Waals surface area (Å²) in [5.74, 6) is 1.24. The van der Waals surface area contributed by atoms with Gasteiger partial charge < -0.3 is 9.64 Å². The van der Waals surface area contributed by atoms with Crippen molar-refractivity contribution in [1.82, 2.24) is 14.5 Å². The molecule has 8 nitrogen and oxygen atoms in total. The van der Waals surface area contributed by atoms with Crippen LogP contribution in [0, 0.1) is 0 Å². The Bertz CT molecular complexity index is 1290. The highest BCUT2D eigenvalue weighted by atomic mass is 32.2. The van der Waals surface area contributed by atoms with Gasteiger partial charge in [-0.05, 0) is 37.3 Å². The first kappa shape index (κ1) is 22.7. The van der Waals surface area contributed by atoms with Gasteiger partial charge in [-0.2, -0.15) is 0 Å². The lowest BCUT2D eigenvalue weighted by atomic mass is 10.1. The average molecular weight is 467 g/mol. The number of anilines is 1. The second-order valence-corrected chi connectivity index (χ2v) is 9.97. The van der Waals surface area contributed by atoms with Crippen LogP contribution < -0.4 is 15.2 Å². The molecule has 0 unspecified atom stereocenters. The largest absolute Gasteiger partial charge is 0.490 e. The number of allylic oxidation sites excluding steroid dienone is 1. The molecule has 1 aliphatic rings. The van der Waals surface area contributed by atoms with Crippen LogP contribution in [0.15, 0.2) is 70.8 Å². The van der Waals surface area contributed by atoms with Gasteiger partial charge in [-0.15, -0.1) is 0 Å². The van der Waals surface area contributed by atoms with Crippen molar-refractivity contribution < 1.29 is 13.2 Å². The lowest BCUT2D eigenvalue weighted by Gasteiger charge is -2.32. The maximum atomic E-state index is 12.6. The van der Waals surface area contributed by atoms with Gasteiger partial charge in [-0.1, -0.05) is 12.2 Å². The fourth-order valence-corrected chi connectivity index (χ4v) is 4.37. The minimum atomic E-state index is -3.28. The maximum absolute atomic E-state index is 12.6. The number of sulfone groups is 1. The van der Waals surface area contributed by atoms with Crippen LogP contribution in [0.5, 0.6) is 5.75 Å². The molecule has 33 heavy (non-hydrogen) atoms. The molecule has 1 saturated heterocycles. The predicted octanol–water partition coefficient (Wildman–Crippen LogP) is 3.11. The highest BCUT2D eigenvalue weighted by Gasteiger charge is 2.22. The Labute approximate surface area is 193 Å². The van der Waals surface area contributed by atoms with E-state index in [9.17, 15) is 13.2 Å². The van der Waals surface area contributed by atoms with Crippen LogP contribution in [0.2, 0.25) is 0 Å². The molecule has 4 rings (SSSR count). The second kappa shape index (κ2) is 9.58. The summed E-state index contributed by atoms with van der Waals surface area (Å²) in [6.45, 7) is 3.51. The number of ether oxygens (including phenoxy) is 1. The molecule has 0 amide bonds. The molecule has 0 aliphatic carbocycles. The Hall–Kier alpha value is -3.46. The molecule has 0 bridgehead atoms. The van der Waals surface area contributed by atoms with E-state index in [1.165, 1.54) is 22.8 Å². The standard InChI is InChI=1S/C24H26N4O4S/c1-3-4-18-16-25-24(26-17-18)27-12-9-20(10-13-27)32-21-11-14-28(23(29)15-21)19-5-7-22(8-6-19)33(2,30)31/h3-8,11,14-17,20H,9-10,12-13H2,1-2H3/b4-3-. The normalized spacial score (nSPS) is 15.2. The van der Waals surface area contributed by atoms with E-state index in [2.05, 4.69) is 14.9 Å². The predicted molar refractivity (Wildman–Crippen MR) is 128 cm³/mol. The lowest BCUT2D eigenvalue weighted by Crippen LogP contribution is -2.39. The van der Waals surface area contributed by atoms with Gasteiger partial charge >= 0.3 is 0 Å². The molecule has 2 aromatic heterocycles. The molecule has 3 heterocycles. The molecule has 0 spiro atoms. The van der Waals surface area contributed by atoms with E-state index in [1.54, 1.807) is 24.4 Å². The topological polar surface area (TPSA) is 94.4 Å². The Kier molecular flexibility index (Phi) is 6.60. The number of nitrogens with zero attached hydrogens (tertiary/aromatic N) is 4. The van der Waals surface area contributed by atoms with E-state index < -0.39 is 9.84 Å². The van der Waals surface area contributed by atoms with Gasteiger partial charge in [0.05, 0.1) is 4.90 Å². The molecular formula is C24H26N4O4S. The smallest absolute Gasteiger partial charge is 0.258 e. The van der Waals surface area contributed by atoms with E-state index in [-0.39, 0.29) is 16.6 Å². The van der Waals surface area contributed by atoms with Gasteiger partial charge in [-0.3, -0.25) is 9.36 Å². The zero-order valence-corrected chi connectivity index (χ0v) is 19.4. The van der Waals surface area contributed by atoms with Gasteiger partial charge in [0.15, 0.2) is 9.84 Å². The molecule has 0 atom stereocenters. The van der Waals surface area contributed by atoms with Crippen molar-refractivity contribution in [1.29, 1.82) is 0 Å². The van der Waals surface area contributed by atoms with E-state index in [1.807, 2.05) is 31.5 Å². The lowest BCUT2D eigenvalue weighted by molar-refractivity contribution is 0.170. The quantitative estimate of drug-likeness (QED) is 0.551. The summed E-state index contributed by atoms with van der Waals surface area (Å²) in [6, 6.07) is 9.42. The molecule has 1 fully saturated rings. The third kappa shape index (κ3) is 5.48. The SMILES string of the molecule is C/C=C\c1cnc(N2CCC(Oc3ccn(-c4ccc(S(C)(=O)=O)cc4)c(=O)c3)CC2)nc1. The zero-order chi connectivity index (χ0) is 23.4. The number of rotatable bonds is 6. The van der Waals surface area contributed by atoms with Crippen molar-refractivity contribution in [2.24, 2.45) is 0 Å². The van der Waals surface area contributed by atoms with Crippen LogP contribution in [-0.2, 0) is 9.84 Å². The van der Waals surface area contributed by atoms with E-state index in [0.717, 1.165) is 37.8 Å². The molecule has 0 radical (unpaired) electrons. The van der Waals surface area contributed by atoms with E-state index in [0.29, 0.717) is 17.4 Å². The van der Waals surface area contributed by atoms with E-state index >= 15 is 0 Å². The summed E-state index contributed by atoms with van der Waals surface area (Å²) in [5.41, 5.74) is 1.32. The van der Waals surface area contributed by atoms with Crippen LogP contribution >= 0.6 is 0 Å². The first-order valence-electron chi connectivity index (χ1n) is 10.7. The third-order valence-corrected chi connectivity index (χ3v) is 6.61. The molecule has 172 valence electrons. The van der Waals surface area contributed by atoms with Crippen molar-refractivity contribution in [2.45, 2.75) is 30.8 Å². The fourth-order valence-electron chi connectivity index (χ4n) is 3.74. The Balaban J connectivity index is 1.37. The Morgan fingerprint density at radius 3 is 2.30 bits per heavy atom. The zero-order valence-electron chi connectivity index (χ0n) is 18.6. The van der Waals surface area contributed by atoms with Gasteiger partial charge in [0.1, 0.15) is 11.9 Å². The summed E-state index contributed by atoms with van der Waals surface area (Å²) >= 11 is 0. The minimum Gasteiger partial charge on any atom is -0.490 e. The summed E-state index contributed by atoms with van der Waals surface area (Å²) in [7, 11) is -3.28. The number of pyridine rings is 1. The maximum Gasteiger partial charge on any atom is 0.258 e. The van der Waals surface area contributed by atoms with Crippen LogP contribution in [0.4, 0.5) is 5.95 Å². The molecule has 0 N–H and O–H groups in total. The summed E-state index contributed by atoms with van der Waals surface area (Å²) in [5, 5.41) is 0. The van der Waals surface area contributed by atoms with Crippen molar-refractivity contribution in [3.8, 4) is 11.4 Å². The highest BCUT2D eigenvalue weighted by Crippen LogP contribution is 2.21. The second-order valence-electron chi connectivity index (χ2n) is 7.96. The molecule has 9 heteroatoms. The van der Waals surface area contributed by atoms with Crippen LogP contribution in [0.1, 0.15) is 25.3 Å². The molecule has 1 aliphatic heterocycles.